The van der Waals surface area contributed by atoms with Crippen LogP contribution in [0.4, 0.5) is 0 Å². The molecule has 0 saturated carbocycles. The summed E-state index contributed by atoms with van der Waals surface area (Å²) in [5.41, 5.74) is 0. The minimum atomic E-state index is 0. The Labute approximate surface area is 64.1 Å². The Morgan fingerprint density at radius 1 is 0.875 bits per heavy atom. The fourth-order valence-corrected chi connectivity index (χ4v) is 0.342. The van der Waals surface area contributed by atoms with Crippen molar-refractivity contribution in [2.24, 2.45) is 0 Å². The van der Waals surface area contributed by atoms with Crippen LogP contribution in [-0.2, 0) is 0 Å². The molecule has 0 aromatic heterocycles. The first-order chi connectivity index (χ1) is 3.00. The van der Waals surface area contributed by atoms with Gasteiger partial charge in [0.2, 0.25) is 0 Å². The summed E-state index contributed by atoms with van der Waals surface area (Å²) < 4.78 is 0. The normalized spacial score (nSPS) is 6.00. The largest absolute Gasteiger partial charge is 1.00 e. The number of benzene rings is 1. The molecule has 0 nitrogen and oxygen atoms in total. The van der Waals surface area contributed by atoms with Gasteiger partial charge in [-0.2, -0.15) is 36.4 Å². The first-order valence-corrected chi connectivity index (χ1v) is 1.91. The predicted octanol–water partition coefficient (Wildman–Crippen LogP) is -1.89. The van der Waals surface area contributed by atoms with E-state index in [0.29, 0.717) is 0 Å². The zero-order valence-electron chi connectivity index (χ0n) is 4.96. The van der Waals surface area contributed by atoms with E-state index < -0.39 is 0 Å². The van der Waals surface area contributed by atoms with E-state index in [2.05, 4.69) is 6.07 Å². The minimum Gasteiger partial charge on any atom is -1.00 e. The second kappa shape index (κ2) is 6.88. The van der Waals surface area contributed by atoms with E-state index in [0.717, 1.165) is 0 Å². The Hall–Kier alpha value is -0.118. The third-order valence-electron chi connectivity index (χ3n) is 0.607. The number of hydrogen-bond donors (Lipinski definition) is 0. The Kier molecular flexibility index (Phi) is 9.28. The van der Waals surface area contributed by atoms with Gasteiger partial charge in [0.05, 0.1) is 0 Å². The van der Waals surface area contributed by atoms with Crippen LogP contribution in [0.5, 0.6) is 0 Å². The van der Waals surface area contributed by atoms with Gasteiger partial charge in [0.1, 0.15) is 0 Å². The molecule has 2 heteroatoms. The Balaban J connectivity index is 0. The minimum absolute atomic E-state index is 0. The zero-order chi connectivity index (χ0) is 4.24. The van der Waals surface area contributed by atoms with Gasteiger partial charge in [-0.25, -0.2) is 0 Å². The maximum Gasteiger partial charge on any atom is 1.00 e. The van der Waals surface area contributed by atoms with Gasteiger partial charge in [0.25, 0.3) is 0 Å². The average Bonchev–Trinajstić information content (AvgIpc) is 1.72. The average molecular weight is 94.9 g/mol. The van der Waals surface area contributed by atoms with E-state index in [1.807, 2.05) is 30.3 Å². The van der Waals surface area contributed by atoms with E-state index in [1.165, 1.54) is 0 Å². The summed E-state index contributed by atoms with van der Waals surface area (Å²) >= 11 is 0. The van der Waals surface area contributed by atoms with Crippen molar-refractivity contribution in [1.82, 2.24) is 0 Å². The van der Waals surface area contributed by atoms with Gasteiger partial charge in [-0.15, -0.1) is 0 Å². The molecule has 0 aliphatic heterocycles. The van der Waals surface area contributed by atoms with Gasteiger partial charge < -0.3 is 8.41 Å². The topological polar surface area (TPSA) is 0 Å². The van der Waals surface area contributed by atoms with Crippen LogP contribution in [0.25, 0.3) is 0 Å². The van der Waals surface area contributed by atoms with Crippen molar-refractivity contribution in [3.8, 4) is 0 Å². The van der Waals surface area contributed by atoms with Crippen molar-refractivity contribution in [2.75, 3.05) is 0 Å². The molecule has 1 aromatic rings. The molecule has 0 bridgehead atoms. The third kappa shape index (κ3) is 4.05. The van der Waals surface area contributed by atoms with Gasteiger partial charge in [0.15, 0.2) is 0 Å². The molecule has 0 spiro atoms. The van der Waals surface area contributed by atoms with Crippen LogP contribution in [0.1, 0.15) is 0 Å². The van der Waals surface area contributed by atoms with Gasteiger partial charge in [-0.1, -0.05) is 0 Å². The molecule has 0 atom stereocenters. The Morgan fingerprint density at radius 3 is 1.50 bits per heavy atom. The molecule has 0 unspecified atom stereocenters. The molecule has 0 amide bonds. The van der Waals surface area contributed by atoms with Crippen molar-refractivity contribution in [3.05, 3.63) is 36.4 Å². The summed E-state index contributed by atoms with van der Waals surface area (Å²) in [5, 5.41) is 0. The van der Waals surface area contributed by atoms with Crippen molar-refractivity contribution in [1.29, 1.82) is 0 Å². The molecular formula is C6H5BLi-. The predicted molar refractivity (Wildman–Crippen MR) is 31.0 cm³/mol. The van der Waals surface area contributed by atoms with E-state index in [9.17, 15) is 0 Å². The molecule has 0 N–H and O–H groups in total. The second-order valence-corrected chi connectivity index (χ2v) is 1.08. The van der Waals surface area contributed by atoms with Crippen LogP contribution in [0, 0.1) is 6.07 Å². The summed E-state index contributed by atoms with van der Waals surface area (Å²) in [6, 6.07) is 12.5. The van der Waals surface area contributed by atoms with Gasteiger partial charge in [-0.05, 0) is 0 Å². The maximum absolute atomic E-state index is 2.89. The quantitative estimate of drug-likeness (QED) is 0.261. The molecule has 34 valence electrons. The summed E-state index contributed by atoms with van der Waals surface area (Å²) in [5.74, 6) is 0. The molecular weight excluding hydrogens is 89.8 g/mol. The fraction of sp³-hybridized carbons (Fsp3) is 0. The zero-order valence-corrected chi connectivity index (χ0v) is 4.96. The first kappa shape index (κ1) is 10.8. The standard InChI is InChI=1S/C6H5.B.Li/c1-2-4-6-5-3-1;;/h1-5H;;/q2*-1;+1. The van der Waals surface area contributed by atoms with Crippen LogP contribution in [0.2, 0.25) is 0 Å². The number of hydrogen-bond acceptors (Lipinski definition) is 0. The molecule has 0 heterocycles. The molecule has 0 fully saturated rings. The summed E-state index contributed by atoms with van der Waals surface area (Å²) in [4.78, 5) is 0. The van der Waals surface area contributed by atoms with Crippen molar-refractivity contribution in [2.45, 2.75) is 0 Å². The molecule has 8 heavy (non-hydrogen) atoms. The Morgan fingerprint density at radius 2 is 1.38 bits per heavy atom. The van der Waals surface area contributed by atoms with Crippen LogP contribution in [0.3, 0.4) is 0 Å². The van der Waals surface area contributed by atoms with Crippen LogP contribution < -0.4 is 18.9 Å². The maximum atomic E-state index is 2.89. The third-order valence-corrected chi connectivity index (χ3v) is 0.607. The van der Waals surface area contributed by atoms with Gasteiger partial charge >= 0.3 is 18.9 Å². The summed E-state index contributed by atoms with van der Waals surface area (Å²) in [7, 11) is 0. The molecule has 0 saturated heterocycles. The smallest absolute Gasteiger partial charge is 1.00 e. The van der Waals surface area contributed by atoms with Gasteiger partial charge in [-0.3, -0.25) is 0 Å². The summed E-state index contributed by atoms with van der Waals surface area (Å²) in [6.45, 7) is 0. The molecule has 0 aliphatic carbocycles. The van der Waals surface area contributed by atoms with Crippen LogP contribution in [0.15, 0.2) is 30.3 Å². The molecule has 1 aromatic carbocycles. The molecule has 4 radical (unpaired) electrons. The second-order valence-electron chi connectivity index (χ2n) is 1.08. The van der Waals surface area contributed by atoms with Crippen LogP contribution >= 0.6 is 0 Å². The summed E-state index contributed by atoms with van der Waals surface area (Å²) in [6.07, 6.45) is 0. The SMILES string of the molecule is [B-].[Li+].[c-]1ccccc1. The number of rotatable bonds is 0. The van der Waals surface area contributed by atoms with E-state index in [1.54, 1.807) is 0 Å². The van der Waals surface area contributed by atoms with Crippen molar-refractivity contribution >= 4 is 8.41 Å². The molecule has 0 aliphatic rings. The monoisotopic (exact) mass is 95.1 g/mol. The first-order valence-electron chi connectivity index (χ1n) is 1.91. The van der Waals surface area contributed by atoms with E-state index in [4.69, 9.17) is 0 Å². The van der Waals surface area contributed by atoms with E-state index in [-0.39, 0.29) is 27.3 Å². The molecule has 1 rings (SSSR count). The van der Waals surface area contributed by atoms with Crippen molar-refractivity contribution in [3.63, 3.8) is 0 Å². The van der Waals surface area contributed by atoms with E-state index >= 15 is 0 Å². The fourth-order valence-electron chi connectivity index (χ4n) is 0.342. The van der Waals surface area contributed by atoms with Crippen LogP contribution in [-0.4, -0.2) is 8.41 Å². The Bertz CT molecular complexity index is 80.5. The van der Waals surface area contributed by atoms with Gasteiger partial charge in [0, 0.05) is 0 Å². The van der Waals surface area contributed by atoms with Crippen molar-refractivity contribution < 1.29 is 18.9 Å².